The highest BCUT2D eigenvalue weighted by Gasteiger charge is 2.26. The minimum absolute atomic E-state index is 0.614. The van der Waals surface area contributed by atoms with Crippen LogP contribution in [0, 0.1) is 0 Å². The van der Waals surface area contributed by atoms with Crippen LogP contribution in [0.25, 0.3) is 11.0 Å². The van der Waals surface area contributed by atoms with Gasteiger partial charge < -0.3 is 10.3 Å². The van der Waals surface area contributed by atoms with Crippen molar-refractivity contribution in [1.29, 1.82) is 0 Å². The van der Waals surface area contributed by atoms with Gasteiger partial charge >= 0.3 is 0 Å². The summed E-state index contributed by atoms with van der Waals surface area (Å²) in [7, 11) is 2.03. The Labute approximate surface area is 88.9 Å². The van der Waals surface area contributed by atoms with Gasteiger partial charge in [0.25, 0.3) is 0 Å². The van der Waals surface area contributed by atoms with Gasteiger partial charge in [0, 0.05) is 13.6 Å². The number of nitrogens with zero attached hydrogens (tertiary/aromatic N) is 2. The third kappa shape index (κ3) is 1.27. The zero-order valence-electron chi connectivity index (χ0n) is 8.90. The van der Waals surface area contributed by atoms with E-state index in [2.05, 4.69) is 21.7 Å². The van der Waals surface area contributed by atoms with Crippen molar-refractivity contribution in [1.82, 2.24) is 9.55 Å². The van der Waals surface area contributed by atoms with Gasteiger partial charge in [-0.1, -0.05) is 6.07 Å². The van der Waals surface area contributed by atoms with Gasteiger partial charge in [0.15, 0.2) is 0 Å². The third-order valence-electron chi connectivity index (χ3n) is 3.24. The van der Waals surface area contributed by atoms with Gasteiger partial charge in [-0.2, -0.15) is 0 Å². The molecular formula is C12H15N3. The minimum Gasteiger partial charge on any atom is -0.333 e. The molecular weight excluding hydrogens is 186 g/mol. The summed E-state index contributed by atoms with van der Waals surface area (Å²) in [6, 6.07) is 4.32. The molecule has 3 heteroatoms. The molecule has 0 saturated heterocycles. The molecule has 1 aromatic carbocycles. The van der Waals surface area contributed by atoms with Crippen molar-refractivity contribution in [3.05, 3.63) is 29.6 Å². The molecule has 15 heavy (non-hydrogen) atoms. The SMILES string of the molecule is Cn1cnc2ccc(C3CC3)c(CN)c21. The molecule has 0 spiro atoms. The van der Waals surface area contributed by atoms with Gasteiger partial charge in [-0.3, -0.25) is 0 Å². The number of rotatable bonds is 2. The van der Waals surface area contributed by atoms with Crippen LogP contribution in [0.1, 0.15) is 29.9 Å². The van der Waals surface area contributed by atoms with Gasteiger partial charge in [-0.15, -0.1) is 0 Å². The van der Waals surface area contributed by atoms with Gasteiger partial charge in [-0.25, -0.2) is 4.98 Å². The molecule has 78 valence electrons. The maximum absolute atomic E-state index is 5.87. The summed E-state index contributed by atoms with van der Waals surface area (Å²) in [5.41, 5.74) is 10.9. The summed E-state index contributed by atoms with van der Waals surface area (Å²) < 4.78 is 2.07. The number of nitrogens with two attached hydrogens (primary N) is 1. The molecule has 2 aromatic rings. The Morgan fingerprint density at radius 1 is 1.47 bits per heavy atom. The summed E-state index contributed by atoms with van der Waals surface area (Å²) in [6.07, 6.45) is 4.49. The average Bonchev–Trinajstić information content (AvgIpc) is 3.03. The van der Waals surface area contributed by atoms with E-state index in [-0.39, 0.29) is 0 Å². The molecule has 1 aromatic heterocycles. The first-order chi connectivity index (χ1) is 7.31. The molecule has 1 fully saturated rings. The van der Waals surface area contributed by atoms with Gasteiger partial charge in [0.05, 0.1) is 17.4 Å². The Hall–Kier alpha value is -1.35. The molecule has 0 atom stereocenters. The van der Waals surface area contributed by atoms with E-state index in [4.69, 9.17) is 5.73 Å². The van der Waals surface area contributed by atoms with Crippen LogP contribution in [-0.4, -0.2) is 9.55 Å². The van der Waals surface area contributed by atoms with Crippen LogP contribution >= 0.6 is 0 Å². The molecule has 0 bridgehead atoms. The van der Waals surface area contributed by atoms with Crippen LogP contribution < -0.4 is 5.73 Å². The number of hydrogen-bond donors (Lipinski definition) is 1. The maximum atomic E-state index is 5.87. The lowest BCUT2D eigenvalue weighted by Crippen LogP contribution is -2.04. The van der Waals surface area contributed by atoms with Crippen molar-refractivity contribution in [3.8, 4) is 0 Å². The highest BCUT2D eigenvalue weighted by atomic mass is 15.0. The number of benzene rings is 1. The van der Waals surface area contributed by atoms with E-state index in [9.17, 15) is 0 Å². The Balaban J connectivity index is 2.32. The third-order valence-corrected chi connectivity index (χ3v) is 3.24. The Morgan fingerprint density at radius 3 is 2.93 bits per heavy atom. The van der Waals surface area contributed by atoms with Crippen LogP contribution in [0.15, 0.2) is 18.5 Å². The molecule has 1 aliphatic carbocycles. The summed E-state index contributed by atoms with van der Waals surface area (Å²) in [6.45, 7) is 0.614. The molecule has 3 rings (SSSR count). The standard InChI is InChI=1S/C12H15N3/c1-15-7-14-11-5-4-9(8-2-3-8)10(6-13)12(11)15/h4-5,7-8H,2-3,6,13H2,1H3. The van der Waals surface area contributed by atoms with Crippen molar-refractivity contribution in [2.75, 3.05) is 0 Å². The van der Waals surface area contributed by atoms with Crippen molar-refractivity contribution >= 4 is 11.0 Å². The normalized spacial score (nSPS) is 16.1. The van der Waals surface area contributed by atoms with Crippen molar-refractivity contribution in [3.63, 3.8) is 0 Å². The topological polar surface area (TPSA) is 43.8 Å². The predicted molar refractivity (Wildman–Crippen MR) is 60.6 cm³/mol. The van der Waals surface area contributed by atoms with Crippen molar-refractivity contribution in [2.45, 2.75) is 25.3 Å². The summed E-state index contributed by atoms with van der Waals surface area (Å²) in [4.78, 5) is 4.36. The van der Waals surface area contributed by atoms with Crippen LogP contribution in [-0.2, 0) is 13.6 Å². The molecule has 3 nitrogen and oxygen atoms in total. The highest BCUT2D eigenvalue weighted by molar-refractivity contribution is 5.80. The maximum Gasteiger partial charge on any atom is 0.0955 e. The quantitative estimate of drug-likeness (QED) is 0.806. The second-order valence-corrected chi connectivity index (χ2v) is 4.33. The van der Waals surface area contributed by atoms with E-state index in [0.29, 0.717) is 6.54 Å². The van der Waals surface area contributed by atoms with Gasteiger partial charge in [-0.05, 0) is 36.0 Å². The van der Waals surface area contributed by atoms with E-state index < -0.39 is 0 Å². The number of hydrogen-bond acceptors (Lipinski definition) is 2. The first-order valence-electron chi connectivity index (χ1n) is 5.44. The first-order valence-corrected chi connectivity index (χ1v) is 5.44. The summed E-state index contributed by atoms with van der Waals surface area (Å²) >= 11 is 0. The van der Waals surface area contributed by atoms with Crippen molar-refractivity contribution < 1.29 is 0 Å². The molecule has 2 N–H and O–H groups in total. The average molecular weight is 201 g/mol. The van der Waals surface area contributed by atoms with E-state index in [1.54, 1.807) is 0 Å². The van der Waals surface area contributed by atoms with E-state index in [0.717, 1.165) is 11.4 Å². The monoisotopic (exact) mass is 201 g/mol. The minimum atomic E-state index is 0.614. The molecule has 0 radical (unpaired) electrons. The Kier molecular flexibility index (Phi) is 1.83. The summed E-state index contributed by atoms with van der Waals surface area (Å²) in [5.74, 6) is 0.753. The zero-order chi connectivity index (χ0) is 10.4. The van der Waals surface area contributed by atoms with E-state index >= 15 is 0 Å². The molecule has 0 aliphatic heterocycles. The second kappa shape index (κ2) is 3.07. The number of aromatic nitrogens is 2. The lowest BCUT2D eigenvalue weighted by molar-refractivity contribution is 0.922. The molecule has 0 unspecified atom stereocenters. The number of imidazole rings is 1. The lowest BCUT2D eigenvalue weighted by Gasteiger charge is -2.09. The van der Waals surface area contributed by atoms with Gasteiger partial charge in [0.1, 0.15) is 0 Å². The Bertz CT molecular complexity index is 509. The first kappa shape index (κ1) is 8.92. The van der Waals surface area contributed by atoms with Crippen LogP contribution in [0.4, 0.5) is 0 Å². The largest absolute Gasteiger partial charge is 0.333 e. The summed E-state index contributed by atoms with van der Waals surface area (Å²) in [5, 5.41) is 0. The number of aryl methyl sites for hydroxylation is 1. The highest BCUT2D eigenvalue weighted by Crippen LogP contribution is 2.42. The number of fused-ring (bicyclic) bond motifs is 1. The lowest BCUT2D eigenvalue weighted by atomic mass is 10.0. The fourth-order valence-electron chi connectivity index (χ4n) is 2.34. The smallest absolute Gasteiger partial charge is 0.0955 e. The zero-order valence-corrected chi connectivity index (χ0v) is 8.90. The fraction of sp³-hybridized carbons (Fsp3) is 0.417. The second-order valence-electron chi connectivity index (χ2n) is 4.33. The van der Waals surface area contributed by atoms with E-state index in [1.165, 1.54) is 29.5 Å². The fourth-order valence-corrected chi connectivity index (χ4v) is 2.34. The Morgan fingerprint density at radius 2 is 2.27 bits per heavy atom. The van der Waals surface area contributed by atoms with Gasteiger partial charge in [0.2, 0.25) is 0 Å². The molecule has 1 aliphatic rings. The molecule has 1 saturated carbocycles. The van der Waals surface area contributed by atoms with E-state index in [1.807, 2.05) is 13.4 Å². The molecule has 0 amide bonds. The van der Waals surface area contributed by atoms with Crippen LogP contribution in [0.5, 0.6) is 0 Å². The van der Waals surface area contributed by atoms with Crippen LogP contribution in [0.2, 0.25) is 0 Å². The van der Waals surface area contributed by atoms with Crippen molar-refractivity contribution in [2.24, 2.45) is 12.8 Å². The van der Waals surface area contributed by atoms with Crippen LogP contribution in [0.3, 0.4) is 0 Å². The predicted octanol–water partition coefficient (Wildman–Crippen LogP) is 1.91. The molecule has 1 heterocycles.